The molecule has 1 aliphatic rings. The highest BCUT2D eigenvalue weighted by atomic mass is 32.2. The Bertz CT molecular complexity index is 663. The van der Waals surface area contributed by atoms with Gasteiger partial charge in [-0.15, -0.1) is 0 Å². The highest BCUT2D eigenvalue weighted by molar-refractivity contribution is 7.89. The predicted octanol–water partition coefficient (Wildman–Crippen LogP) is -0.834. The molecule has 0 unspecified atom stereocenters. The zero-order valence-electron chi connectivity index (χ0n) is 12.7. The van der Waals surface area contributed by atoms with E-state index in [0.29, 0.717) is 13.2 Å². The van der Waals surface area contributed by atoms with Crippen LogP contribution in [0.25, 0.3) is 0 Å². The molecule has 1 aromatic heterocycles. The lowest BCUT2D eigenvalue weighted by atomic mass is 10.4. The molecule has 0 bridgehead atoms. The van der Waals surface area contributed by atoms with Crippen LogP contribution in [-0.4, -0.2) is 63.9 Å². The Hall–Kier alpha value is -1.91. The summed E-state index contributed by atoms with van der Waals surface area (Å²) in [5, 5.41) is 4.78. The summed E-state index contributed by atoms with van der Waals surface area (Å²) in [6.07, 6.45) is 0. The summed E-state index contributed by atoms with van der Waals surface area (Å²) in [6, 6.07) is 2.56. The minimum atomic E-state index is -3.76. The van der Waals surface area contributed by atoms with Crippen molar-refractivity contribution in [2.45, 2.75) is 12.0 Å². The van der Waals surface area contributed by atoms with Crippen LogP contribution in [0.4, 0.5) is 0 Å². The molecule has 0 radical (unpaired) electrons. The van der Waals surface area contributed by atoms with E-state index >= 15 is 0 Å². The zero-order chi connectivity index (χ0) is 16.9. The lowest BCUT2D eigenvalue weighted by Crippen LogP contribution is -2.40. The van der Waals surface area contributed by atoms with Gasteiger partial charge in [0.25, 0.3) is 15.9 Å². The summed E-state index contributed by atoms with van der Waals surface area (Å²) < 4.78 is 36.3. The van der Waals surface area contributed by atoms with Crippen molar-refractivity contribution in [1.82, 2.24) is 14.9 Å². The Kier molecular flexibility index (Phi) is 5.74. The van der Waals surface area contributed by atoms with E-state index in [1.807, 2.05) is 0 Å². The van der Waals surface area contributed by atoms with Crippen molar-refractivity contribution < 1.29 is 27.2 Å². The molecular weight excluding hydrogens is 326 g/mol. The number of carbonyl (C=O) groups excluding carboxylic acids is 2. The molecule has 1 fully saturated rings. The van der Waals surface area contributed by atoms with Crippen LogP contribution in [0, 0.1) is 0 Å². The molecule has 0 saturated carbocycles. The molecule has 10 heteroatoms. The third-order valence-corrected chi connectivity index (χ3v) is 4.93. The number of ether oxygens (including phenoxy) is 1. The second-order valence-corrected chi connectivity index (χ2v) is 6.74. The van der Waals surface area contributed by atoms with Gasteiger partial charge in [0, 0.05) is 33.1 Å². The van der Waals surface area contributed by atoms with Crippen LogP contribution in [0.2, 0.25) is 0 Å². The normalized spacial score (nSPS) is 16.0. The molecular formula is C13H19N3O6S. The Labute approximate surface area is 134 Å². The molecule has 23 heavy (non-hydrogen) atoms. The van der Waals surface area contributed by atoms with Gasteiger partial charge in [-0.1, -0.05) is 0 Å². The Morgan fingerprint density at radius 2 is 1.83 bits per heavy atom. The number of hydrogen-bond donors (Lipinski definition) is 2. The second kappa shape index (κ2) is 7.57. The minimum Gasteiger partial charge on any atom is -0.438 e. The Morgan fingerprint density at radius 3 is 2.48 bits per heavy atom. The highest BCUT2D eigenvalue weighted by Gasteiger charge is 2.29. The van der Waals surface area contributed by atoms with E-state index in [-0.39, 0.29) is 42.9 Å². The number of amides is 2. The summed E-state index contributed by atoms with van der Waals surface area (Å²) in [6.45, 7) is 3.03. The quantitative estimate of drug-likeness (QED) is 0.650. The monoisotopic (exact) mass is 345 g/mol. The van der Waals surface area contributed by atoms with Gasteiger partial charge in [0.15, 0.2) is 5.76 Å². The average Bonchev–Trinajstić information content (AvgIpc) is 3.03. The van der Waals surface area contributed by atoms with Crippen molar-refractivity contribution in [3.05, 3.63) is 17.9 Å². The van der Waals surface area contributed by atoms with Gasteiger partial charge in [-0.3, -0.25) is 9.59 Å². The van der Waals surface area contributed by atoms with Crippen LogP contribution in [0.15, 0.2) is 21.6 Å². The third-order valence-electron chi connectivity index (χ3n) is 3.15. The van der Waals surface area contributed by atoms with E-state index < -0.39 is 15.9 Å². The summed E-state index contributed by atoms with van der Waals surface area (Å²) in [5.41, 5.74) is 0. The highest BCUT2D eigenvalue weighted by Crippen LogP contribution is 2.19. The largest absolute Gasteiger partial charge is 0.438 e. The molecule has 1 saturated heterocycles. The molecule has 2 amide bonds. The van der Waals surface area contributed by atoms with Gasteiger partial charge in [0.1, 0.15) is 0 Å². The van der Waals surface area contributed by atoms with Crippen molar-refractivity contribution >= 4 is 21.8 Å². The number of carbonyl (C=O) groups is 2. The summed E-state index contributed by atoms with van der Waals surface area (Å²) in [7, 11) is -3.76. The first kappa shape index (κ1) is 17.4. The Balaban J connectivity index is 1.96. The smallest absolute Gasteiger partial charge is 0.287 e. The lowest BCUT2D eigenvalue weighted by Gasteiger charge is -2.24. The Morgan fingerprint density at radius 1 is 1.17 bits per heavy atom. The topological polar surface area (TPSA) is 118 Å². The third kappa shape index (κ3) is 4.53. The standard InChI is InChI=1S/C13H19N3O6S/c1-10(17)14-4-5-15-13(18)11-2-3-12(22-11)23(19,20)16-6-8-21-9-7-16/h2-3H,4-9H2,1H3,(H,14,17)(H,15,18). The number of morpholine rings is 1. The first-order valence-electron chi connectivity index (χ1n) is 7.11. The van der Waals surface area contributed by atoms with Crippen LogP contribution in [0.1, 0.15) is 17.5 Å². The van der Waals surface area contributed by atoms with Gasteiger partial charge in [0.2, 0.25) is 11.0 Å². The van der Waals surface area contributed by atoms with Gasteiger partial charge >= 0.3 is 0 Å². The number of sulfonamides is 1. The van der Waals surface area contributed by atoms with Crippen molar-refractivity contribution in [2.24, 2.45) is 0 Å². The van der Waals surface area contributed by atoms with Crippen LogP contribution in [0.5, 0.6) is 0 Å². The fourth-order valence-electron chi connectivity index (χ4n) is 2.00. The predicted molar refractivity (Wildman–Crippen MR) is 79.3 cm³/mol. The molecule has 128 valence electrons. The fourth-order valence-corrected chi connectivity index (χ4v) is 3.32. The van der Waals surface area contributed by atoms with Crippen LogP contribution in [0.3, 0.4) is 0 Å². The molecule has 2 N–H and O–H groups in total. The van der Waals surface area contributed by atoms with Crippen LogP contribution in [-0.2, 0) is 19.6 Å². The maximum atomic E-state index is 12.4. The first-order chi connectivity index (χ1) is 10.9. The molecule has 2 heterocycles. The van der Waals surface area contributed by atoms with E-state index in [1.54, 1.807) is 0 Å². The lowest BCUT2D eigenvalue weighted by molar-refractivity contribution is -0.118. The van der Waals surface area contributed by atoms with E-state index in [2.05, 4.69) is 10.6 Å². The van der Waals surface area contributed by atoms with Crippen LogP contribution >= 0.6 is 0 Å². The van der Waals surface area contributed by atoms with E-state index in [1.165, 1.54) is 23.4 Å². The molecule has 0 spiro atoms. The second-order valence-electron chi connectivity index (χ2n) is 4.87. The van der Waals surface area contributed by atoms with Gasteiger partial charge in [-0.25, -0.2) is 8.42 Å². The van der Waals surface area contributed by atoms with E-state index in [9.17, 15) is 18.0 Å². The average molecular weight is 345 g/mol. The van der Waals surface area contributed by atoms with Gasteiger partial charge < -0.3 is 19.8 Å². The molecule has 9 nitrogen and oxygen atoms in total. The van der Waals surface area contributed by atoms with E-state index in [4.69, 9.17) is 9.15 Å². The SMILES string of the molecule is CC(=O)NCCNC(=O)c1ccc(S(=O)(=O)N2CCOCC2)o1. The van der Waals surface area contributed by atoms with Gasteiger partial charge in [-0.2, -0.15) is 4.31 Å². The van der Waals surface area contributed by atoms with Crippen molar-refractivity contribution in [1.29, 1.82) is 0 Å². The maximum absolute atomic E-state index is 12.4. The van der Waals surface area contributed by atoms with Gasteiger partial charge in [0.05, 0.1) is 13.2 Å². The number of furan rings is 1. The summed E-state index contributed by atoms with van der Waals surface area (Å²) in [4.78, 5) is 22.6. The minimum absolute atomic E-state index is 0.0975. The van der Waals surface area contributed by atoms with Crippen molar-refractivity contribution in [2.75, 3.05) is 39.4 Å². The molecule has 0 aromatic carbocycles. The maximum Gasteiger partial charge on any atom is 0.287 e. The fraction of sp³-hybridized carbons (Fsp3) is 0.538. The van der Waals surface area contributed by atoms with Crippen LogP contribution < -0.4 is 10.6 Å². The summed E-state index contributed by atoms with van der Waals surface area (Å²) >= 11 is 0. The summed E-state index contributed by atoms with van der Waals surface area (Å²) in [5.74, 6) is -0.838. The van der Waals surface area contributed by atoms with Gasteiger partial charge in [-0.05, 0) is 12.1 Å². The molecule has 2 rings (SSSR count). The molecule has 1 aliphatic heterocycles. The molecule has 0 aliphatic carbocycles. The van der Waals surface area contributed by atoms with E-state index in [0.717, 1.165) is 0 Å². The number of rotatable bonds is 6. The molecule has 1 aromatic rings. The number of nitrogens with zero attached hydrogens (tertiary/aromatic N) is 1. The molecule has 0 atom stereocenters. The first-order valence-corrected chi connectivity index (χ1v) is 8.55. The number of nitrogens with one attached hydrogen (secondary N) is 2. The van der Waals surface area contributed by atoms with Crippen molar-refractivity contribution in [3.63, 3.8) is 0 Å². The zero-order valence-corrected chi connectivity index (χ0v) is 13.5. The number of hydrogen-bond acceptors (Lipinski definition) is 6. The van der Waals surface area contributed by atoms with Crippen molar-refractivity contribution in [3.8, 4) is 0 Å².